The molecule has 0 amide bonds. The summed E-state index contributed by atoms with van der Waals surface area (Å²) in [5.41, 5.74) is 0. The maximum Gasteiger partial charge on any atom is 0.165 e. The summed E-state index contributed by atoms with van der Waals surface area (Å²) in [6.07, 6.45) is 0. The van der Waals surface area contributed by atoms with E-state index in [1.807, 2.05) is 20.8 Å². The Balaban J connectivity index is 2.89. The highest BCUT2D eigenvalue weighted by Gasteiger charge is 2.45. The van der Waals surface area contributed by atoms with Gasteiger partial charge < -0.3 is 0 Å². The van der Waals surface area contributed by atoms with E-state index in [-0.39, 0.29) is 17.5 Å². The van der Waals surface area contributed by atoms with E-state index in [0.29, 0.717) is 10.3 Å². The normalized spacial score (nSPS) is 33.5. The Hall–Kier alpha value is 0.0400. The summed E-state index contributed by atoms with van der Waals surface area (Å²) in [5.74, 6) is 0.555. The van der Waals surface area contributed by atoms with Crippen molar-refractivity contribution in [2.45, 2.75) is 37.0 Å². The van der Waals surface area contributed by atoms with Crippen LogP contribution in [0.15, 0.2) is 0 Å². The first-order valence-electron chi connectivity index (χ1n) is 4.75. The fraction of sp³-hybridized carbons (Fsp3) is 0.800. The van der Waals surface area contributed by atoms with Crippen LogP contribution in [0.3, 0.4) is 0 Å². The minimum atomic E-state index is -0.793. The molecule has 0 aromatic heterocycles. The van der Waals surface area contributed by atoms with Crippen LogP contribution in [-0.2, 0) is 9.59 Å². The zero-order valence-corrected chi connectivity index (χ0v) is 10.6. The van der Waals surface area contributed by atoms with Crippen LogP contribution >= 0.6 is 23.5 Å². The van der Waals surface area contributed by atoms with Crippen LogP contribution < -0.4 is 0 Å². The number of hydrogen-bond donors (Lipinski definition) is 0. The Labute approximate surface area is 93.6 Å². The third kappa shape index (κ3) is 2.16. The summed E-state index contributed by atoms with van der Waals surface area (Å²) < 4.78 is -0.459. The minimum absolute atomic E-state index is 0.0632. The SMILES string of the molecule is CC1SCC(=O)C(C)(C(=O)C(C)C)S1. The number of hydrogen-bond acceptors (Lipinski definition) is 4. The molecule has 1 heterocycles. The fourth-order valence-electron chi connectivity index (χ4n) is 1.51. The van der Waals surface area contributed by atoms with E-state index >= 15 is 0 Å². The first kappa shape index (κ1) is 12.1. The van der Waals surface area contributed by atoms with Gasteiger partial charge in [-0.05, 0) is 13.8 Å². The van der Waals surface area contributed by atoms with E-state index in [0.717, 1.165) is 0 Å². The summed E-state index contributed by atoms with van der Waals surface area (Å²) in [4.78, 5) is 23.7. The van der Waals surface area contributed by atoms with Gasteiger partial charge in [-0.1, -0.05) is 13.8 Å². The first-order valence-corrected chi connectivity index (χ1v) is 6.68. The van der Waals surface area contributed by atoms with Crippen molar-refractivity contribution < 1.29 is 9.59 Å². The predicted molar refractivity (Wildman–Crippen MR) is 62.8 cm³/mol. The third-order valence-electron chi connectivity index (χ3n) is 2.38. The molecule has 1 aliphatic heterocycles. The second kappa shape index (κ2) is 4.27. The first-order chi connectivity index (χ1) is 6.38. The highest BCUT2D eigenvalue weighted by molar-refractivity contribution is 8.19. The molecular formula is C10H16O2S2. The maximum atomic E-state index is 11.9. The van der Waals surface area contributed by atoms with Gasteiger partial charge in [0.25, 0.3) is 0 Å². The molecule has 0 saturated carbocycles. The third-order valence-corrected chi connectivity index (χ3v) is 5.20. The van der Waals surface area contributed by atoms with Gasteiger partial charge in [-0.2, -0.15) is 0 Å². The monoisotopic (exact) mass is 232 g/mol. The Kier molecular flexibility index (Phi) is 3.69. The van der Waals surface area contributed by atoms with Gasteiger partial charge in [0.1, 0.15) is 4.75 Å². The molecule has 1 saturated heterocycles. The van der Waals surface area contributed by atoms with Crippen molar-refractivity contribution >= 4 is 35.1 Å². The summed E-state index contributed by atoms with van der Waals surface area (Å²) in [6, 6.07) is 0. The van der Waals surface area contributed by atoms with Crippen molar-refractivity contribution in [1.82, 2.24) is 0 Å². The molecule has 0 radical (unpaired) electrons. The number of ketones is 2. The van der Waals surface area contributed by atoms with Gasteiger partial charge in [0, 0.05) is 10.5 Å². The highest BCUT2D eigenvalue weighted by atomic mass is 32.2. The molecule has 0 spiro atoms. The van der Waals surface area contributed by atoms with Gasteiger partial charge in [-0.3, -0.25) is 9.59 Å². The molecule has 0 aromatic rings. The summed E-state index contributed by atoms with van der Waals surface area (Å²) in [6.45, 7) is 7.54. The molecule has 0 bridgehead atoms. The maximum absolute atomic E-state index is 11.9. The molecule has 1 fully saturated rings. The van der Waals surface area contributed by atoms with Crippen LogP contribution in [0.2, 0.25) is 0 Å². The van der Waals surface area contributed by atoms with Gasteiger partial charge in [0.15, 0.2) is 11.6 Å². The Morgan fingerprint density at radius 1 is 1.57 bits per heavy atom. The topological polar surface area (TPSA) is 34.1 Å². The predicted octanol–water partition coefficient (Wildman–Crippen LogP) is 2.37. The lowest BCUT2D eigenvalue weighted by atomic mass is 9.93. The summed E-state index contributed by atoms with van der Waals surface area (Å²) in [7, 11) is 0. The fourth-order valence-corrected chi connectivity index (χ4v) is 4.55. The Morgan fingerprint density at radius 2 is 2.14 bits per heavy atom. The van der Waals surface area contributed by atoms with Crippen molar-refractivity contribution in [3.8, 4) is 0 Å². The standard InChI is InChI=1S/C10H16O2S2/c1-6(2)9(12)10(4)8(11)5-13-7(3)14-10/h6-7H,5H2,1-4H3. The Bertz CT molecular complexity index is 263. The molecule has 0 aromatic carbocycles. The second-order valence-corrected chi connectivity index (χ2v) is 7.36. The molecule has 0 N–H and O–H groups in total. The van der Waals surface area contributed by atoms with Gasteiger partial charge in [0.05, 0.1) is 5.75 Å². The molecule has 2 atom stereocenters. The smallest absolute Gasteiger partial charge is 0.165 e. The Morgan fingerprint density at radius 3 is 2.64 bits per heavy atom. The van der Waals surface area contributed by atoms with Crippen LogP contribution in [0.25, 0.3) is 0 Å². The van der Waals surface area contributed by atoms with Crippen LogP contribution in [0.5, 0.6) is 0 Å². The van der Waals surface area contributed by atoms with Crippen LogP contribution in [0.4, 0.5) is 0 Å². The van der Waals surface area contributed by atoms with Gasteiger partial charge in [-0.15, -0.1) is 23.5 Å². The van der Waals surface area contributed by atoms with E-state index in [2.05, 4.69) is 0 Å². The van der Waals surface area contributed by atoms with Crippen molar-refractivity contribution in [2.24, 2.45) is 5.92 Å². The molecule has 0 aliphatic carbocycles. The lowest BCUT2D eigenvalue weighted by Gasteiger charge is -2.34. The van der Waals surface area contributed by atoms with E-state index in [9.17, 15) is 9.59 Å². The van der Waals surface area contributed by atoms with E-state index in [1.54, 1.807) is 18.7 Å². The van der Waals surface area contributed by atoms with Crippen LogP contribution in [-0.4, -0.2) is 26.6 Å². The quantitative estimate of drug-likeness (QED) is 0.685. The number of Topliss-reactive ketones (excluding diaryl/α,β-unsaturated/α-hetero) is 2. The molecule has 2 nitrogen and oxygen atoms in total. The largest absolute Gasteiger partial charge is 0.297 e. The molecule has 1 aliphatic rings. The molecular weight excluding hydrogens is 216 g/mol. The summed E-state index contributed by atoms with van der Waals surface area (Å²) in [5, 5.41) is 0. The van der Waals surface area contributed by atoms with Crippen molar-refractivity contribution in [3.63, 3.8) is 0 Å². The van der Waals surface area contributed by atoms with Gasteiger partial charge in [-0.25, -0.2) is 0 Å². The second-order valence-electron chi connectivity index (χ2n) is 3.97. The van der Waals surface area contributed by atoms with E-state index in [1.165, 1.54) is 11.8 Å². The zero-order valence-electron chi connectivity index (χ0n) is 8.99. The van der Waals surface area contributed by atoms with Crippen molar-refractivity contribution in [2.75, 3.05) is 5.75 Å². The molecule has 14 heavy (non-hydrogen) atoms. The average molecular weight is 232 g/mol. The van der Waals surface area contributed by atoms with E-state index < -0.39 is 4.75 Å². The molecule has 2 unspecified atom stereocenters. The van der Waals surface area contributed by atoms with E-state index in [4.69, 9.17) is 0 Å². The van der Waals surface area contributed by atoms with Crippen LogP contribution in [0.1, 0.15) is 27.7 Å². The summed E-state index contributed by atoms with van der Waals surface area (Å²) >= 11 is 3.12. The number of thioether (sulfide) groups is 2. The lowest BCUT2D eigenvalue weighted by Crippen LogP contribution is -2.47. The minimum Gasteiger partial charge on any atom is -0.297 e. The van der Waals surface area contributed by atoms with Crippen molar-refractivity contribution in [3.05, 3.63) is 0 Å². The zero-order chi connectivity index (χ0) is 10.9. The van der Waals surface area contributed by atoms with Crippen molar-refractivity contribution in [1.29, 1.82) is 0 Å². The van der Waals surface area contributed by atoms with Gasteiger partial charge in [0.2, 0.25) is 0 Å². The van der Waals surface area contributed by atoms with Gasteiger partial charge >= 0.3 is 0 Å². The molecule has 80 valence electrons. The number of rotatable bonds is 2. The lowest BCUT2D eigenvalue weighted by molar-refractivity contribution is -0.130. The number of carbonyl (C=O) groups excluding carboxylic acids is 2. The number of carbonyl (C=O) groups is 2. The highest BCUT2D eigenvalue weighted by Crippen LogP contribution is 2.42. The molecule has 4 heteroatoms. The molecule has 1 rings (SSSR count). The van der Waals surface area contributed by atoms with Crippen LogP contribution in [0, 0.1) is 5.92 Å². The average Bonchev–Trinajstić information content (AvgIpc) is 2.10.